The summed E-state index contributed by atoms with van der Waals surface area (Å²) < 4.78 is 5.22. The molecule has 134 valence electrons. The van der Waals surface area contributed by atoms with Crippen LogP contribution in [0.5, 0.6) is 5.75 Å². The van der Waals surface area contributed by atoms with Gasteiger partial charge in [-0.05, 0) is 49.8 Å². The van der Waals surface area contributed by atoms with Gasteiger partial charge in [-0.3, -0.25) is 9.59 Å². The van der Waals surface area contributed by atoms with E-state index < -0.39 is 0 Å². The highest BCUT2D eigenvalue weighted by atomic mass is 32.2. The van der Waals surface area contributed by atoms with Crippen LogP contribution in [0, 0.1) is 5.92 Å². The van der Waals surface area contributed by atoms with Gasteiger partial charge >= 0.3 is 0 Å². The molecule has 4 rings (SSSR count). The molecular weight excluding hydrogens is 336 g/mol. The van der Waals surface area contributed by atoms with E-state index in [-0.39, 0.29) is 28.8 Å². The van der Waals surface area contributed by atoms with Gasteiger partial charge in [0.05, 0.1) is 18.0 Å². The van der Waals surface area contributed by atoms with Crippen LogP contribution in [0.3, 0.4) is 0 Å². The number of carbonyl (C=O) groups excluding carboxylic acids is 2. The minimum atomic E-state index is -0.343. The number of nitrogens with one attached hydrogen (secondary N) is 1. The summed E-state index contributed by atoms with van der Waals surface area (Å²) in [4.78, 5) is 26.9. The Morgan fingerprint density at radius 2 is 2.08 bits per heavy atom. The van der Waals surface area contributed by atoms with E-state index in [1.807, 2.05) is 29.2 Å². The second-order valence-electron chi connectivity index (χ2n) is 7.36. The normalized spacial score (nSPS) is 29.4. The number of ether oxygens (including phenoxy) is 1. The van der Waals surface area contributed by atoms with Gasteiger partial charge in [-0.15, -0.1) is 11.8 Å². The molecule has 1 aliphatic carbocycles. The lowest BCUT2D eigenvalue weighted by molar-refractivity contribution is -0.138. The molecule has 2 aliphatic heterocycles. The van der Waals surface area contributed by atoms with E-state index in [9.17, 15) is 9.59 Å². The molecule has 3 unspecified atom stereocenters. The topological polar surface area (TPSA) is 58.6 Å². The number of methoxy groups -OCH3 is 1. The van der Waals surface area contributed by atoms with Crippen LogP contribution in [-0.4, -0.2) is 40.5 Å². The lowest BCUT2D eigenvalue weighted by Crippen LogP contribution is -2.50. The molecule has 0 spiro atoms. The molecule has 1 aromatic rings. The van der Waals surface area contributed by atoms with E-state index in [4.69, 9.17) is 4.74 Å². The van der Waals surface area contributed by atoms with E-state index in [0.29, 0.717) is 18.1 Å². The van der Waals surface area contributed by atoms with Crippen LogP contribution < -0.4 is 10.1 Å². The zero-order chi connectivity index (χ0) is 17.6. The summed E-state index contributed by atoms with van der Waals surface area (Å²) in [6.45, 7) is 2.08. The molecule has 6 heteroatoms. The fourth-order valence-electron chi connectivity index (χ4n) is 3.98. The highest BCUT2D eigenvalue weighted by Gasteiger charge is 2.53. The van der Waals surface area contributed by atoms with Gasteiger partial charge < -0.3 is 15.0 Å². The lowest BCUT2D eigenvalue weighted by Gasteiger charge is -2.31. The number of carbonyl (C=O) groups is 2. The minimum absolute atomic E-state index is 0.0146. The molecule has 1 N–H and O–H groups in total. The summed E-state index contributed by atoms with van der Waals surface area (Å²) in [5.74, 6) is 2.09. The van der Waals surface area contributed by atoms with Gasteiger partial charge in [0.15, 0.2) is 0 Å². The van der Waals surface area contributed by atoms with Crippen LogP contribution in [0.2, 0.25) is 0 Å². The maximum atomic E-state index is 13.0. The van der Waals surface area contributed by atoms with Crippen molar-refractivity contribution in [2.75, 3.05) is 12.9 Å². The Balaban J connectivity index is 1.50. The Hall–Kier alpha value is -1.69. The lowest BCUT2D eigenvalue weighted by atomic mass is 10.0. The Morgan fingerprint density at radius 3 is 2.72 bits per heavy atom. The van der Waals surface area contributed by atoms with E-state index in [0.717, 1.165) is 30.6 Å². The van der Waals surface area contributed by atoms with Gasteiger partial charge in [0.2, 0.25) is 11.8 Å². The Labute approximate surface area is 152 Å². The third-order valence-corrected chi connectivity index (χ3v) is 7.12. The number of nitrogens with zero attached hydrogens (tertiary/aromatic N) is 1. The molecule has 0 aromatic heterocycles. The average molecular weight is 360 g/mol. The molecule has 0 bridgehead atoms. The van der Waals surface area contributed by atoms with Crippen molar-refractivity contribution in [3.8, 4) is 5.75 Å². The maximum absolute atomic E-state index is 13.0. The highest BCUT2D eigenvalue weighted by Crippen LogP contribution is 2.48. The average Bonchev–Trinajstić information content (AvgIpc) is 3.34. The Bertz CT molecular complexity index is 688. The summed E-state index contributed by atoms with van der Waals surface area (Å²) >= 11 is 1.74. The Morgan fingerprint density at radius 1 is 1.36 bits per heavy atom. The van der Waals surface area contributed by atoms with Gasteiger partial charge in [-0.2, -0.15) is 0 Å². The van der Waals surface area contributed by atoms with Crippen molar-refractivity contribution >= 4 is 23.6 Å². The first-order valence-electron chi connectivity index (χ1n) is 8.92. The first-order chi connectivity index (χ1) is 12.0. The molecular formula is C19H24N2O3S. The van der Waals surface area contributed by atoms with Gasteiger partial charge in [-0.1, -0.05) is 12.1 Å². The summed E-state index contributed by atoms with van der Waals surface area (Å²) in [5.41, 5.74) is 1.11. The fraction of sp³-hybridized carbons (Fsp3) is 0.579. The van der Waals surface area contributed by atoms with Crippen molar-refractivity contribution in [3.63, 3.8) is 0 Å². The monoisotopic (exact) mass is 360 g/mol. The SMILES string of the molecule is COc1ccc(C(NC(=O)C2CSC3(C)CCC(=O)N23)C2CC2)cc1. The van der Waals surface area contributed by atoms with Crippen LogP contribution in [0.15, 0.2) is 24.3 Å². The molecule has 2 heterocycles. The number of hydrogen-bond acceptors (Lipinski definition) is 4. The van der Waals surface area contributed by atoms with Crippen molar-refractivity contribution in [1.82, 2.24) is 10.2 Å². The standard InChI is InChI=1S/C19H24N2O3S/c1-19-10-9-16(22)21(19)15(11-25-19)18(23)20-17(12-3-4-12)13-5-7-14(24-2)8-6-13/h5-8,12,15,17H,3-4,9-11H2,1-2H3,(H,20,23). The van der Waals surface area contributed by atoms with Gasteiger partial charge in [0, 0.05) is 12.2 Å². The quantitative estimate of drug-likeness (QED) is 0.877. The van der Waals surface area contributed by atoms with Crippen LogP contribution in [0.4, 0.5) is 0 Å². The molecule has 3 aliphatic rings. The second kappa shape index (κ2) is 6.24. The predicted octanol–water partition coefficient (Wildman–Crippen LogP) is 2.72. The smallest absolute Gasteiger partial charge is 0.244 e. The van der Waals surface area contributed by atoms with E-state index >= 15 is 0 Å². The van der Waals surface area contributed by atoms with Gasteiger partial charge in [-0.25, -0.2) is 0 Å². The third kappa shape index (κ3) is 3.01. The maximum Gasteiger partial charge on any atom is 0.244 e. The number of amides is 2. The van der Waals surface area contributed by atoms with Crippen molar-refractivity contribution in [3.05, 3.63) is 29.8 Å². The van der Waals surface area contributed by atoms with Crippen LogP contribution in [-0.2, 0) is 9.59 Å². The van der Waals surface area contributed by atoms with Gasteiger partial charge in [0.25, 0.3) is 0 Å². The second-order valence-corrected chi connectivity index (χ2v) is 8.86. The predicted molar refractivity (Wildman–Crippen MR) is 97.3 cm³/mol. The molecule has 1 saturated carbocycles. The van der Waals surface area contributed by atoms with E-state index in [2.05, 4.69) is 12.2 Å². The zero-order valence-electron chi connectivity index (χ0n) is 14.7. The molecule has 3 fully saturated rings. The van der Waals surface area contributed by atoms with Crippen molar-refractivity contribution in [1.29, 1.82) is 0 Å². The fourth-order valence-corrected chi connectivity index (χ4v) is 5.41. The molecule has 3 atom stereocenters. The summed E-state index contributed by atoms with van der Waals surface area (Å²) in [6.07, 6.45) is 3.66. The molecule has 25 heavy (non-hydrogen) atoms. The van der Waals surface area contributed by atoms with Crippen molar-refractivity contribution in [2.24, 2.45) is 5.92 Å². The summed E-state index contributed by atoms with van der Waals surface area (Å²) in [6, 6.07) is 7.59. The number of thioether (sulfide) groups is 1. The van der Waals surface area contributed by atoms with Crippen LogP contribution in [0.25, 0.3) is 0 Å². The first-order valence-corrected chi connectivity index (χ1v) is 9.91. The first kappa shape index (κ1) is 16.8. The molecule has 5 nitrogen and oxygen atoms in total. The molecule has 1 aromatic carbocycles. The van der Waals surface area contributed by atoms with Crippen molar-refractivity contribution in [2.45, 2.75) is 49.6 Å². The largest absolute Gasteiger partial charge is 0.497 e. The molecule has 2 saturated heterocycles. The van der Waals surface area contributed by atoms with Crippen LogP contribution >= 0.6 is 11.8 Å². The Kier molecular flexibility index (Phi) is 4.18. The zero-order valence-corrected chi connectivity index (χ0v) is 15.5. The van der Waals surface area contributed by atoms with Crippen LogP contribution in [0.1, 0.15) is 44.2 Å². The number of rotatable bonds is 5. The number of benzene rings is 1. The third-order valence-electron chi connectivity index (χ3n) is 5.61. The number of hydrogen-bond donors (Lipinski definition) is 1. The summed E-state index contributed by atoms with van der Waals surface area (Å²) in [7, 11) is 1.65. The van der Waals surface area contributed by atoms with E-state index in [1.54, 1.807) is 18.9 Å². The summed E-state index contributed by atoms with van der Waals surface area (Å²) in [5, 5.41) is 3.24. The molecule has 0 radical (unpaired) electrons. The highest BCUT2D eigenvalue weighted by molar-refractivity contribution is 8.01. The number of fused-ring (bicyclic) bond motifs is 1. The van der Waals surface area contributed by atoms with Crippen molar-refractivity contribution < 1.29 is 14.3 Å². The van der Waals surface area contributed by atoms with Gasteiger partial charge in [0.1, 0.15) is 11.8 Å². The minimum Gasteiger partial charge on any atom is -0.497 e. The van der Waals surface area contributed by atoms with E-state index in [1.165, 1.54) is 0 Å². The molecule has 2 amide bonds.